The first kappa shape index (κ1) is 18.4. The second kappa shape index (κ2) is 7.93. The monoisotopic (exact) mass is 386 g/mol. The SMILES string of the molecule is Cc1ccc(Oc2ncccc2CNC(=O)c2cc(=O)[nH]c3ccccc23)cn1. The molecule has 4 aromatic rings. The van der Waals surface area contributed by atoms with Gasteiger partial charge in [-0.15, -0.1) is 0 Å². The van der Waals surface area contributed by atoms with Crippen LogP contribution in [0.2, 0.25) is 0 Å². The minimum absolute atomic E-state index is 0.197. The highest BCUT2D eigenvalue weighted by atomic mass is 16.5. The van der Waals surface area contributed by atoms with Gasteiger partial charge in [-0.1, -0.05) is 24.3 Å². The summed E-state index contributed by atoms with van der Waals surface area (Å²) < 4.78 is 5.81. The quantitative estimate of drug-likeness (QED) is 0.548. The molecule has 2 N–H and O–H groups in total. The lowest BCUT2D eigenvalue weighted by Crippen LogP contribution is -2.25. The number of amides is 1. The zero-order valence-corrected chi connectivity index (χ0v) is 15.7. The molecule has 0 bridgehead atoms. The van der Waals surface area contributed by atoms with E-state index in [9.17, 15) is 9.59 Å². The van der Waals surface area contributed by atoms with E-state index in [1.54, 1.807) is 36.7 Å². The van der Waals surface area contributed by atoms with Crippen LogP contribution in [0.25, 0.3) is 10.9 Å². The lowest BCUT2D eigenvalue weighted by atomic mass is 10.1. The van der Waals surface area contributed by atoms with Gasteiger partial charge in [0.15, 0.2) is 0 Å². The number of aryl methyl sites for hydroxylation is 1. The minimum Gasteiger partial charge on any atom is -0.437 e. The van der Waals surface area contributed by atoms with Crippen molar-refractivity contribution >= 4 is 16.8 Å². The molecule has 1 amide bonds. The molecule has 0 aliphatic carbocycles. The lowest BCUT2D eigenvalue weighted by Gasteiger charge is -2.11. The number of fused-ring (bicyclic) bond motifs is 1. The molecule has 3 aromatic heterocycles. The smallest absolute Gasteiger partial charge is 0.252 e. The number of H-pyrrole nitrogens is 1. The first-order valence-electron chi connectivity index (χ1n) is 9.05. The number of pyridine rings is 3. The molecular formula is C22H18N4O3. The number of nitrogens with one attached hydrogen (secondary N) is 2. The van der Waals surface area contributed by atoms with Crippen molar-refractivity contribution in [2.75, 3.05) is 0 Å². The van der Waals surface area contributed by atoms with Crippen LogP contribution in [-0.4, -0.2) is 20.9 Å². The molecule has 0 spiro atoms. The van der Waals surface area contributed by atoms with Crippen molar-refractivity contribution in [1.29, 1.82) is 0 Å². The van der Waals surface area contributed by atoms with E-state index in [2.05, 4.69) is 20.3 Å². The fraction of sp³-hybridized carbons (Fsp3) is 0.0909. The summed E-state index contributed by atoms with van der Waals surface area (Å²) in [5.74, 6) is 0.593. The van der Waals surface area contributed by atoms with Crippen LogP contribution in [0.5, 0.6) is 11.6 Å². The molecule has 0 saturated heterocycles. The van der Waals surface area contributed by atoms with Crippen LogP contribution in [0.1, 0.15) is 21.6 Å². The highest BCUT2D eigenvalue weighted by Gasteiger charge is 2.13. The summed E-state index contributed by atoms with van der Waals surface area (Å²) in [6.07, 6.45) is 3.24. The maximum absolute atomic E-state index is 12.8. The van der Waals surface area contributed by atoms with Gasteiger partial charge in [-0.3, -0.25) is 14.6 Å². The van der Waals surface area contributed by atoms with E-state index in [1.165, 1.54) is 6.07 Å². The molecule has 29 heavy (non-hydrogen) atoms. The van der Waals surface area contributed by atoms with Gasteiger partial charge in [0.25, 0.3) is 5.91 Å². The number of benzene rings is 1. The van der Waals surface area contributed by atoms with E-state index in [0.717, 1.165) is 5.69 Å². The van der Waals surface area contributed by atoms with Crippen molar-refractivity contribution in [3.63, 3.8) is 0 Å². The first-order chi connectivity index (χ1) is 14.1. The zero-order valence-electron chi connectivity index (χ0n) is 15.7. The van der Waals surface area contributed by atoms with Crippen molar-refractivity contribution in [2.45, 2.75) is 13.5 Å². The first-order valence-corrected chi connectivity index (χ1v) is 9.05. The number of hydrogen-bond donors (Lipinski definition) is 2. The van der Waals surface area contributed by atoms with Gasteiger partial charge in [0, 0.05) is 41.0 Å². The van der Waals surface area contributed by atoms with Crippen LogP contribution in [-0.2, 0) is 6.54 Å². The molecular weight excluding hydrogens is 368 g/mol. The number of aromatic amines is 1. The van der Waals surface area contributed by atoms with E-state index >= 15 is 0 Å². The molecule has 0 atom stereocenters. The summed E-state index contributed by atoms with van der Waals surface area (Å²) in [6, 6.07) is 15.7. The Bertz CT molecular complexity index is 1230. The molecule has 7 nitrogen and oxygen atoms in total. The Morgan fingerprint density at radius 2 is 1.97 bits per heavy atom. The minimum atomic E-state index is -0.348. The molecule has 0 aliphatic rings. The van der Waals surface area contributed by atoms with Gasteiger partial charge < -0.3 is 15.0 Å². The van der Waals surface area contributed by atoms with Crippen molar-refractivity contribution in [2.24, 2.45) is 0 Å². The van der Waals surface area contributed by atoms with Gasteiger partial charge in [-0.25, -0.2) is 4.98 Å². The van der Waals surface area contributed by atoms with Gasteiger partial charge >= 0.3 is 0 Å². The van der Waals surface area contributed by atoms with Crippen LogP contribution in [0.3, 0.4) is 0 Å². The Kier molecular flexibility index (Phi) is 5.03. The Hall–Kier alpha value is -4.00. The van der Waals surface area contributed by atoms with Crippen LogP contribution in [0, 0.1) is 6.92 Å². The number of carbonyl (C=O) groups is 1. The van der Waals surface area contributed by atoms with Gasteiger partial charge in [0.1, 0.15) is 5.75 Å². The molecule has 4 rings (SSSR count). The molecule has 0 saturated carbocycles. The van der Waals surface area contributed by atoms with Crippen LogP contribution in [0.4, 0.5) is 0 Å². The van der Waals surface area contributed by atoms with Crippen molar-refractivity contribution in [3.8, 4) is 11.6 Å². The Morgan fingerprint density at radius 3 is 2.79 bits per heavy atom. The average Bonchev–Trinajstić information content (AvgIpc) is 2.74. The van der Waals surface area contributed by atoms with E-state index in [1.807, 2.05) is 31.2 Å². The van der Waals surface area contributed by atoms with Crippen molar-refractivity contribution < 1.29 is 9.53 Å². The number of para-hydroxylation sites is 1. The highest BCUT2D eigenvalue weighted by Crippen LogP contribution is 2.22. The summed E-state index contributed by atoms with van der Waals surface area (Å²) in [4.78, 5) is 35.8. The largest absolute Gasteiger partial charge is 0.437 e. The molecule has 7 heteroatoms. The summed E-state index contributed by atoms with van der Waals surface area (Å²) >= 11 is 0. The van der Waals surface area contributed by atoms with Crippen molar-refractivity contribution in [1.82, 2.24) is 20.3 Å². The van der Waals surface area contributed by atoms with Crippen molar-refractivity contribution in [3.05, 3.63) is 94.2 Å². The second-order valence-electron chi connectivity index (χ2n) is 6.48. The summed E-state index contributed by atoms with van der Waals surface area (Å²) in [5.41, 5.74) is 2.19. The number of carbonyl (C=O) groups excluding carboxylic acids is 1. The van der Waals surface area contributed by atoms with E-state index in [0.29, 0.717) is 33.7 Å². The normalized spacial score (nSPS) is 10.7. The molecule has 0 radical (unpaired) electrons. The third-order valence-electron chi connectivity index (χ3n) is 4.38. The van der Waals surface area contributed by atoms with Gasteiger partial charge in [0.05, 0.1) is 11.8 Å². The molecule has 0 aliphatic heterocycles. The fourth-order valence-corrected chi connectivity index (χ4v) is 2.94. The van der Waals surface area contributed by atoms with E-state index in [4.69, 9.17) is 4.74 Å². The standard InChI is InChI=1S/C22H18N4O3/c1-14-8-9-16(13-24-14)29-22-15(5-4-10-23-22)12-25-21(28)18-11-20(27)26-19-7-3-2-6-17(18)19/h2-11,13H,12H2,1H3,(H,25,28)(H,26,27). The number of hydrogen-bond acceptors (Lipinski definition) is 5. The predicted molar refractivity (Wildman–Crippen MR) is 109 cm³/mol. The predicted octanol–water partition coefficient (Wildman–Crippen LogP) is 3.35. The topological polar surface area (TPSA) is 97.0 Å². The maximum atomic E-state index is 12.8. The van der Waals surface area contributed by atoms with Gasteiger partial charge in [0.2, 0.25) is 11.4 Å². The fourth-order valence-electron chi connectivity index (χ4n) is 2.94. The Morgan fingerprint density at radius 1 is 1.10 bits per heavy atom. The molecule has 0 unspecified atom stereocenters. The van der Waals surface area contributed by atoms with Gasteiger partial charge in [-0.2, -0.15) is 0 Å². The number of rotatable bonds is 5. The third-order valence-corrected chi connectivity index (χ3v) is 4.38. The third kappa shape index (κ3) is 4.14. The second-order valence-corrected chi connectivity index (χ2v) is 6.48. The van der Waals surface area contributed by atoms with Crippen LogP contribution >= 0.6 is 0 Å². The molecule has 1 aromatic carbocycles. The molecule has 144 valence electrons. The van der Waals surface area contributed by atoms with Gasteiger partial charge in [-0.05, 0) is 31.2 Å². The highest BCUT2D eigenvalue weighted by molar-refractivity contribution is 6.05. The van der Waals surface area contributed by atoms with Crippen LogP contribution in [0.15, 0.2) is 71.8 Å². The van der Waals surface area contributed by atoms with E-state index < -0.39 is 0 Å². The number of nitrogens with zero attached hydrogens (tertiary/aromatic N) is 2. The molecule has 0 fully saturated rings. The molecule has 3 heterocycles. The number of aromatic nitrogens is 3. The lowest BCUT2D eigenvalue weighted by molar-refractivity contribution is 0.0952. The van der Waals surface area contributed by atoms with Crippen LogP contribution < -0.4 is 15.6 Å². The Labute approximate surface area is 166 Å². The Balaban J connectivity index is 1.55. The maximum Gasteiger partial charge on any atom is 0.252 e. The zero-order chi connectivity index (χ0) is 20.2. The summed E-state index contributed by atoms with van der Waals surface area (Å²) in [6.45, 7) is 2.09. The average molecular weight is 386 g/mol. The number of ether oxygens (including phenoxy) is 1. The summed E-state index contributed by atoms with van der Waals surface area (Å²) in [7, 11) is 0. The van der Waals surface area contributed by atoms with E-state index in [-0.39, 0.29) is 18.0 Å². The summed E-state index contributed by atoms with van der Waals surface area (Å²) in [5, 5.41) is 3.52.